The van der Waals surface area contributed by atoms with Gasteiger partial charge in [-0.05, 0) is 44.5 Å². The van der Waals surface area contributed by atoms with Crippen molar-refractivity contribution in [3.63, 3.8) is 0 Å². The molecule has 0 saturated heterocycles. The summed E-state index contributed by atoms with van der Waals surface area (Å²) in [6.45, 7) is 5.48. The van der Waals surface area contributed by atoms with Gasteiger partial charge in [-0.3, -0.25) is 9.59 Å². The number of nitrogens with zero attached hydrogens (tertiary/aromatic N) is 2. The number of aryl methyl sites for hydroxylation is 2. The molecule has 7 nitrogen and oxygen atoms in total. The normalized spacial score (nSPS) is 11.8. The Balaban J connectivity index is 1.83. The lowest BCUT2D eigenvalue weighted by atomic mass is 10.1. The fraction of sp³-hybridized carbons (Fsp3) is 0.238. The molecule has 1 N–H and O–H groups in total. The predicted octanol–water partition coefficient (Wildman–Crippen LogP) is 2.91. The van der Waals surface area contributed by atoms with Gasteiger partial charge in [-0.1, -0.05) is 30.3 Å². The lowest BCUT2D eigenvalue weighted by Gasteiger charge is -2.15. The summed E-state index contributed by atoms with van der Waals surface area (Å²) in [5, 5.41) is 7.62. The monoisotopic (exact) mass is 379 g/mol. The summed E-state index contributed by atoms with van der Waals surface area (Å²) in [7, 11) is 0. The number of fused-ring (bicyclic) bond motifs is 1. The van der Waals surface area contributed by atoms with Gasteiger partial charge in [-0.2, -0.15) is 5.10 Å². The van der Waals surface area contributed by atoms with Gasteiger partial charge in [0.2, 0.25) is 0 Å². The van der Waals surface area contributed by atoms with E-state index in [2.05, 4.69) is 10.4 Å². The lowest BCUT2D eigenvalue weighted by Crippen LogP contribution is -2.32. The molecule has 3 rings (SSSR count). The van der Waals surface area contributed by atoms with Crippen molar-refractivity contribution >= 4 is 28.3 Å². The van der Waals surface area contributed by atoms with Crippen LogP contribution >= 0.6 is 0 Å². The molecule has 7 heteroatoms. The number of aromatic nitrogens is 2. The van der Waals surface area contributed by atoms with Crippen molar-refractivity contribution in [1.29, 1.82) is 0 Å². The Morgan fingerprint density at radius 2 is 1.86 bits per heavy atom. The zero-order valence-corrected chi connectivity index (χ0v) is 15.9. The SMILES string of the molecule is CCn1nc(C(=O)O[C@H](C)C(=O)Nc2cccc(C)c2)c2ccccc2c1=O. The van der Waals surface area contributed by atoms with E-state index in [1.165, 1.54) is 11.6 Å². The smallest absolute Gasteiger partial charge is 0.360 e. The van der Waals surface area contributed by atoms with Crippen LogP contribution in [0.3, 0.4) is 0 Å². The standard InChI is InChI=1S/C21H21N3O4/c1-4-24-20(26)17-11-6-5-10-16(17)18(23-24)21(27)28-14(3)19(25)22-15-9-7-8-13(2)12-15/h5-12,14H,4H2,1-3H3,(H,22,25)/t14-/m1/s1. The van der Waals surface area contributed by atoms with Crippen molar-refractivity contribution < 1.29 is 14.3 Å². The van der Waals surface area contributed by atoms with Gasteiger partial charge < -0.3 is 10.1 Å². The third kappa shape index (κ3) is 3.93. The second kappa shape index (κ2) is 8.04. The van der Waals surface area contributed by atoms with E-state index in [1.54, 1.807) is 37.3 Å². The number of hydrogen-bond donors (Lipinski definition) is 1. The summed E-state index contributed by atoms with van der Waals surface area (Å²) in [6, 6.07) is 14.0. The number of esters is 1. The number of hydrogen-bond acceptors (Lipinski definition) is 5. The minimum atomic E-state index is -1.03. The molecular formula is C21H21N3O4. The van der Waals surface area contributed by atoms with Crippen LogP contribution in [0.15, 0.2) is 53.3 Å². The summed E-state index contributed by atoms with van der Waals surface area (Å²) in [5.41, 5.74) is 1.35. The van der Waals surface area contributed by atoms with Crippen molar-refractivity contribution in [2.45, 2.75) is 33.4 Å². The molecule has 2 aromatic carbocycles. The van der Waals surface area contributed by atoms with Crippen LogP contribution in [0.2, 0.25) is 0 Å². The van der Waals surface area contributed by atoms with Crippen molar-refractivity contribution in [1.82, 2.24) is 9.78 Å². The molecule has 1 heterocycles. The number of anilines is 1. The van der Waals surface area contributed by atoms with Gasteiger partial charge in [0.15, 0.2) is 11.8 Å². The molecular weight excluding hydrogens is 358 g/mol. The van der Waals surface area contributed by atoms with E-state index >= 15 is 0 Å². The third-order valence-corrected chi connectivity index (χ3v) is 4.30. The Morgan fingerprint density at radius 1 is 1.14 bits per heavy atom. The number of amides is 1. The zero-order valence-electron chi connectivity index (χ0n) is 15.9. The quantitative estimate of drug-likeness (QED) is 0.689. The van der Waals surface area contributed by atoms with Crippen molar-refractivity contribution in [2.24, 2.45) is 0 Å². The molecule has 1 atom stereocenters. The van der Waals surface area contributed by atoms with Crippen LogP contribution in [-0.4, -0.2) is 27.8 Å². The number of benzene rings is 2. The van der Waals surface area contributed by atoms with Crippen molar-refractivity contribution in [2.75, 3.05) is 5.32 Å². The first kappa shape index (κ1) is 19.3. The Hall–Kier alpha value is -3.48. The third-order valence-electron chi connectivity index (χ3n) is 4.30. The molecule has 0 spiro atoms. The maximum atomic E-state index is 12.7. The largest absolute Gasteiger partial charge is 0.448 e. The van der Waals surface area contributed by atoms with Crippen LogP contribution in [0, 0.1) is 6.92 Å². The van der Waals surface area contributed by atoms with Gasteiger partial charge in [-0.25, -0.2) is 9.48 Å². The number of rotatable bonds is 5. The summed E-state index contributed by atoms with van der Waals surface area (Å²) in [6.07, 6.45) is -1.03. The predicted molar refractivity (Wildman–Crippen MR) is 106 cm³/mol. The van der Waals surface area contributed by atoms with E-state index in [0.717, 1.165) is 5.56 Å². The van der Waals surface area contributed by atoms with Crippen LogP contribution in [-0.2, 0) is 16.1 Å². The fourth-order valence-electron chi connectivity index (χ4n) is 2.84. The number of ether oxygens (including phenoxy) is 1. The molecule has 0 unspecified atom stereocenters. The number of carbonyl (C=O) groups is 2. The molecule has 0 aliphatic heterocycles. The van der Waals surface area contributed by atoms with Gasteiger partial charge in [0.25, 0.3) is 11.5 Å². The summed E-state index contributed by atoms with van der Waals surface area (Å²) >= 11 is 0. The summed E-state index contributed by atoms with van der Waals surface area (Å²) in [5.74, 6) is -1.21. The molecule has 0 fully saturated rings. The highest BCUT2D eigenvalue weighted by molar-refractivity contribution is 6.03. The van der Waals surface area contributed by atoms with E-state index in [1.807, 2.05) is 25.1 Å². The Kier molecular flexibility index (Phi) is 5.54. The van der Waals surface area contributed by atoms with E-state index < -0.39 is 18.0 Å². The molecule has 1 amide bonds. The lowest BCUT2D eigenvalue weighted by molar-refractivity contribution is -0.123. The van der Waals surface area contributed by atoms with E-state index in [0.29, 0.717) is 23.0 Å². The van der Waals surface area contributed by atoms with Crippen LogP contribution < -0.4 is 10.9 Å². The second-order valence-electron chi connectivity index (χ2n) is 6.42. The van der Waals surface area contributed by atoms with E-state index in [4.69, 9.17) is 4.74 Å². The maximum Gasteiger partial charge on any atom is 0.360 e. The van der Waals surface area contributed by atoms with Crippen molar-refractivity contribution in [3.05, 3.63) is 70.1 Å². The molecule has 0 aliphatic carbocycles. The molecule has 0 bridgehead atoms. The molecule has 28 heavy (non-hydrogen) atoms. The molecule has 3 aromatic rings. The molecule has 0 radical (unpaired) electrons. The summed E-state index contributed by atoms with van der Waals surface area (Å²) in [4.78, 5) is 37.4. The fourth-order valence-corrected chi connectivity index (χ4v) is 2.84. The van der Waals surface area contributed by atoms with Gasteiger partial charge in [0.1, 0.15) is 0 Å². The van der Waals surface area contributed by atoms with Gasteiger partial charge >= 0.3 is 5.97 Å². The van der Waals surface area contributed by atoms with Crippen LogP contribution in [0.4, 0.5) is 5.69 Å². The first-order valence-corrected chi connectivity index (χ1v) is 8.99. The molecule has 0 aliphatic rings. The summed E-state index contributed by atoms with van der Waals surface area (Å²) < 4.78 is 6.52. The minimum Gasteiger partial charge on any atom is -0.448 e. The van der Waals surface area contributed by atoms with Gasteiger partial charge in [0.05, 0.1) is 5.39 Å². The highest BCUT2D eigenvalue weighted by Gasteiger charge is 2.23. The first-order valence-electron chi connectivity index (χ1n) is 8.99. The van der Waals surface area contributed by atoms with Crippen LogP contribution in [0.1, 0.15) is 29.9 Å². The minimum absolute atomic E-state index is 0.00672. The van der Waals surface area contributed by atoms with Gasteiger partial charge in [0, 0.05) is 17.6 Å². The highest BCUT2D eigenvalue weighted by Crippen LogP contribution is 2.16. The number of nitrogens with one attached hydrogen (secondary N) is 1. The van der Waals surface area contributed by atoms with Crippen molar-refractivity contribution in [3.8, 4) is 0 Å². The Morgan fingerprint density at radius 3 is 2.54 bits per heavy atom. The van der Waals surface area contributed by atoms with Crippen LogP contribution in [0.25, 0.3) is 10.8 Å². The zero-order chi connectivity index (χ0) is 20.3. The topological polar surface area (TPSA) is 90.3 Å². The Bertz CT molecular complexity index is 1100. The molecule has 0 saturated carbocycles. The van der Waals surface area contributed by atoms with E-state index in [9.17, 15) is 14.4 Å². The number of carbonyl (C=O) groups excluding carboxylic acids is 2. The van der Waals surface area contributed by atoms with E-state index in [-0.39, 0.29) is 11.3 Å². The van der Waals surface area contributed by atoms with Gasteiger partial charge in [-0.15, -0.1) is 0 Å². The highest BCUT2D eigenvalue weighted by atomic mass is 16.5. The van der Waals surface area contributed by atoms with Crippen LogP contribution in [0.5, 0.6) is 0 Å². The average Bonchev–Trinajstić information content (AvgIpc) is 2.68. The second-order valence-corrected chi connectivity index (χ2v) is 6.42. The molecule has 144 valence electrons. The average molecular weight is 379 g/mol. The molecule has 1 aromatic heterocycles. The first-order chi connectivity index (χ1) is 13.4. The maximum absolute atomic E-state index is 12.7. The Labute approximate surface area is 161 Å².